The molecule has 5 rings (SSSR count). The first-order valence-corrected chi connectivity index (χ1v) is 11.5. The topological polar surface area (TPSA) is 80.0 Å². The maximum atomic E-state index is 13.1. The number of rotatable bonds is 5. The van der Waals surface area contributed by atoms with Gasteiger partial charge in [-0.1, -0.05) is 30.3 Å². The summed E-state index contributed by atoms with van der Waals surface area (Å²) in [4.78, 5) is 30.2. The van der Waals surface area contributed by atoms with Crippen LogP contribution in [0.1, 0.15) is 31.2 Å². The number of hydrogen-bond donors (Lipinski definition) is 0. The van der Waals surface area contributed by atoms with E-state index in [9.17, 15) is 4.79 Å². The summed E-state index contributed by atoms with van der Waals surface area (Å²) in [5.41, 5.74) is 1.40. The van der Waals surface area contributed by atoms with Gasteiger partial charge in [0.1, 0.15) is 24.8 Å². The summed E-state index contributed by atoms with van der Waals surface area (Å²) >= 11 is 0. The summed E-state index contributed by atoms with van der Waals surface area (Å²) in [6.07, 6.45) is 9.73. The van der Waals surface area contributed by atoms with Gasteiger partial charge in [0, 0.05) is 38.2 Å². The monoisotopic (exact) mass is 431 g/mol. The molecule has 0 spiro atoms. The highest BCUT2D eigenvalue weighted by atomic mass is 16.2. The summed E-state index contributed by atoms with van der Waals surface area (Å²) in [5.74, 6) is 2.71. The zero-order valence-corrected chi connectivity index (χ0v) is 18.3. The van der Waals surface area contributed by atoms with E-state index in [2.05, 4.69) is 60.2 Å². The van der Waals surface area contributed by atoms with Crippen molar-refractivity contribution in [1.82, 2.24) is 29.6 Å². The lowest BCUT2D eigenvalue weighted by molar-refractivity contribution is -0.137. The maximum absolute atomic E-state index is 13.1. The van der Waals surface area contributed by atoms with Crippen LogP contribution in [0.4, 0.5) is 5.82 Å². The second-order valence-corrected chi connectivity index (χ2v) is 8.79. The predicted molar refractivity (Wildman–Crippen MR) is 121 cm³/mol. The van der Waals surface area contributed by atoms with Crippen LogP contribution in [-0.2, 0) is 11.2 Å². The fourth-order valence-electron chi connectivity index (χ4n) is 4.88. The zero-order valence-electron chi connectivity index (χ0n) is 18.3. The second kappa shape index (κ2) is 9.46. The normalized spacial score (nSPS) is 18.1. The molecular weight excluding hydrogens is 402 g/mol. The smallest absolute Gasteiger partial charge is 0.225 e. The molecule has 2 aromatic heterocycles. The number of piperidine rings is 2. The molecule has 0 radical (unpaired) electrons. The van der Waals surface area contributed by atoms with Crippen molar-refractivity contribution in [2.24, 2.45) is 11.8 Å². The molecule has 0 unspecified atom stereocenters. The van der Waals surface area contributed by atoms with Gasteiger partial charge in [-0.3, -0.25) is 4.79 Å². The maximum Gasteiger partial charge on any atom is 0.225 e. The number of benzene rings is 1. The first-order valence-electron chi connectivity index (χ1n) is 11.5. The predicted octanol–water partition coefficient (Wildman–Crippen LogP) is 2.76. The van der Waals surface area contributed by atoms with Crippen molar-refractivity contribution in [3.05, 3.63) is 60.9 Å². The molecular formula is C24H29N7O. The summed E-state index contributed by atoms with van der Waals surface area (Å²) in [6, 6.07) is 12.6. The molecule has 2 saturated heterocycles. The molecule has 2 aliphatic rings. The molecule has 2 fully saturated rings. The third-order valence-electron chi connectivity index (χ3n) is 6.75. The van der Waals surface area contributed by atoms with Crippen molar-refractivity contribution in [3.8, 4) is 5.82 Å². The van der Waals surface area contributed by atoms with Crippen LogP contribution < -0.4 is 4.90 Å². The Morgan fingerprint density at radius 3 is 2.38 bits per heavy atom. The Morgan fingerprint density at radius 1 is 0.906 bits per heavy atom. The lowest BCUT2D eigenvalue weighted by Gasteiger charge is -2.37. The van der Waals surface area contributed by atoms with E-state index in [4.69, 9.17) is 0 Å². The van der Waals surface area contributed by atoms with E-state index in [-0.39, 0.29) is 5.92 Å². The first kappa shape index (κ1) is 20.6. The van der Waals surface area contributed by atoms with E-state index in [1.165, 1.54) is 11.9 Å². The number of amides is 1. The van der Waals surface area contributed by atoms with Crippen LogP contribution in [0.3, 0.4) is 0 Å². The van der Waals surface area contributed by atoms with Crippen LogP contribution >= 0.6 is 0 Å². The van der Waals surface area contributed by atoms with Gasteiger partial charge in [-0.25, -0.2) is 19.6 Å². The lowest BCUT2D eigenvalue weighted by atomic mass is 9.88. The third-order valence-corrected chi connectivity index (χ3v) is 6.75. The SMILES string of the molecule is O=C(C1CCN(c2cc(-n3cncn3)ncn2)CC1)N1CCC(Cc2ccccc2)CC1. The van der Waals surface area contributed by atoms with Crippen molar-refractivity contribution in [3.63, 3.8) is 0 Å². The van der Waals surface area contributed by atoms with Gasteiger partial charge in [-0.05, 0) is 43.6 Å². The van der Waals surface area contributed by atoms with Crippen molar-refractivity contribution in [2.45, 2.75) is 32.1 Å². The molecule has 0 aliphatic carbocycles. The van der Waals surface area contributed by atoms with E-state index in [0.29, 0.717) is 17.6 Å². The van der Waals surface area contributed by atoms with E-state index in [1.54, 1.807) is 17.3 Å². The Hall–Kier alpha value is -3.29. The molecule has 32 heavy (non-hydrogen) atoms. The van der Waals surface area contributed by atoms with Crippen molar-refractivity contribution in [1.29, 1.82) is 0 Å². The minimum absolute atomic E-state index is 0.119. The number of nitrogens with zero attached hydrogens (tertiary/aromatic N) is 7. The van der Waals surface area contributed by atoms with Crippen LogP contribution in [0.25, 0.3) is 5.82 Å². The van der Waals surface area contributed by atoms with Crippen LogP contribution in [0.5, 0.6) is 0 Å². The largest absolute Gasteiger partial charge is 0.356 e. The number of carbonyl (C=O) groups excluding carboxylic acids is 1. The quantitative estimate of drug-likeness (QED) is 0.618. The number of carbonyl (C=O) groups is 1. The van der Waals surface area contributed by atoms with Gasteiger partial charge < -0.3 is 9.80 Å². The van der Waals surface area contributed by atoms with E-state index in [0.717, 1.165) is 64.1 Å². The fraction of sp³-hybridized carbons (Fsp3) is 0.458. The van der Waals surface area contributed by atoms with Gasteiger partial charge >= 0.3 is 0 Å². The molecule has 8 heteroatoms. The van der Waals surface area contributed by atoms with E-state index >= 15 is 0 Å². The zero-order chi connectivity index (χ0) is 21.8. The number of aromatic nitrogens is 5. The van der Waals surface area contributed by atoms with Crippen LogP contribution in [0, 0.1) is 11.8 Å². The van der Waals surface area contributed by atoms with Gasteiger partial charge in [0.25, 0.3) is 0 Å². The van der Waals surface area contributed by atoms with E-state index < -0.39 is 0 Å². The average Bonchev–Trinajstić information content (AvgIpc) is 3.40. The van der Waals surface area contributed by atoms with E-state index in [1.807, 2.05) is 6.07 Å². The Labute approximate surface area is 188 Å². The summed E-state index contributed by atoms with van der Waals surface area (Å²) < 4.78 is 1.63. The first-order chi connectivity index (χ1) is 15.8. The molecule has 1 amide bonds. The molecule has 1 aromatic carbocycles. The van der Waals surface area contributed by atoms with Gasteiger partial charge in [0.15, 0.2) is 5.82 Å². The highest BCUT2D eigenvalue weighted by Gasteiger charge is 2.31. The molecule has 4 heterocycles. The molecule has 166 valence electrons. The molecule has 0 N–H and O–H groups in total. The minimum atomic E-state index is 0.119. The number of anilines is 1. The summed E-state index contributed by atoms with van der Waals surface area (Å²) in [7, 11) is 0. The van der Waals surface area contributed by atoms with Crippen LogP contribution in [0.15, 0.2) is 55.4 Å². The molecule has 0 bridgehead atoms. The van der Waals surface area contributed by atoms with Crippen molar-refractivity contribution < 1.29 is 4.79 Å². The standard InChI is InChI=1S/C24H29N7O/c32-24(30-10-6-20(7-11-30)14-19-4-2-1-3-5-19)21-8-12-29(13-9-21)22-15-23(27-17-26-22)31-18-25-16-28-31/h1-5,15-18,20-21H,6-14H2. The lowest BCUT2D eigenvalue weighted by Crippen LogP contribution is -2.45. The second-order valence-electron chi connectivity index (χ2n) is 8.79. The summed E-state index contributed by atoms with van der Waals surface area (Å²) in [5, 5.41) is 4.13. The summed E-state index contributed by atoms with van der Waals surface area (Å²) in [6.45, 7) is 3.44. The molecule has 0 saturated carbocycles. The molecule has 0 atom stereocenters. The number of hydrogen-bond acceptors (Lipinski definition) is 6. The van der Waals surface area contributed by atoms with Gasteiger partial charge in [-0.15, -0.1) is 0 Å². The van der Waals surface area contributed by atoms with Gasteiger partial charge in [-0.2, -0.15) is 5.10 Å². The minimum Gasteiger partial charge on any atom is -0.356 e. The fourth-order valence-corrected chi connectivity index (χ4v) is 4.88. The Morgan fingerprint density at radius 2 is 1.66 bits per heavy atom. The average molecular weight is 432 g/mol. The molecule has 3 aromatic rings. The van der Waals surface area contributed by atoms with Gasteiger partial charge in [0.2, 0.25) is 5.91 Å². The van der Waals surface area contributed by atoms with Crippen molar-refractivity contribution in [2.75, 3.05) is 31.1 Å². The highest BCUT2D eigenvalue weighted by Crippen LogP contribution is 2.27. The highest BCUT2D eigenvalue weighted by molar-refractivity contribution is 5.79. The van der Waals surface area contributed by atoms with Crippen molar-refractivity contribution >= 4 is 11.7 Å². The Bertz CT molecular complexity index is 1010. The Balaban J connectivity index is 1.12. The molecule has 8 nitrogen and oxygen atoms in total. The van der Waals surface area contributed by atoms with Crippen LogP contribution in [0.2, 0.25) is 0 Å². The Kier molecular flexibility index (Phi) is 6.09. The molecule has 2 aliphatic heterocycles. The van der Waals surface area contributed by atoms with Gasteiger partial charge in [0.05, 0.1) is 0 Å². The van der Waals surface area contributed by atoms with Crippen LogP contribution in [-0.4, -0.2) is 61.7 Å². The number of likely N-dealkylation sites (tertiary alicyclic amines) is 1. The third kappa shape index (κ3) is 4.64.